The van der Waals surface area contributed by atoms with E-state index in [1.807, 2.05) is 46.0 Å². The van der Waals surface area contributed by atoms with E-state index in [1.165, 1.54) is 0 Å². The number of benzene rings is 1. The second-order valence-corrected chi connectivity index (χ2v) is 6.09. The van der Waals surface area contributed by atoms with Gasteiger partial charge in [-0.15, -0.1) is 0 Å². The number of hydrogen-bond donors (Lipinski definition) is 2. The fourth-order valence-corrected chi connectivity index (χ4v) is 3.16. The van der Waals surface area contributed by atoms with Crippen LogP contribution in [0.4, 0.5) is 0 Å². The van der Waals surface area contributed by atoms with Gasteiger partial charge in [0.05, 0.1) is 6.54 Å². The van der Waals surface area contributed by atoms with Crippen molar-refractivity contribution >= 4 is 22.7 Å². The highest BCUT2D eigenvalue weighted by molar-refractivity contribution is 5.83. The first-order valence-electron chi connectivity index (χ1n) is 7.96. The SMILES string of the molecule is NC(=O)CN1CCC(NC(=O)Cn2ccc3ccccc32)CC1. The summed E-state index contributed by atoms with van der Waals surface area (Å²) in [5, 5.41) is 4.23. The van der Waals surface area contributed by atoms with Crippen molar-refractivity contribution in [3.8, 4) is 0 Å². The number of fused-ring (bicyclic) bond motifs is 1. The molecule has 0 radical (unpaired) electrons. The van der Waals surface area contributed by atoms with Gasteiger partial charge in [-0.1, -0.05) is 18.2 Å². The maximum absolute atomic E-state index is 12.3. The van der Waals surface area contributed by atoms with E-state index >= 15 is 0 Å². The fourth-order valence-electron chi connectivity index (χ4n) is 3.16. The number of hydrogen-bond acceptors (Lipinski definition) is 3. The van der Waals surface area contributed by atoms with Gasteiger partial charge in [0, 0.05) is 30.8 Å². The molecule has 2 heterocycles. The van der Waals surface area contributed by atoms with Crippen LogP contribution in [0.15, 0.2) is 36.5 Å². The minimum Gasteiger partial charge on any atom is -0.369 e. The average molecular weight is 314 g/mol. The molecule has 0 bridgehead atoms. The zero-order valence-corrected chi connectivity index (χ0v) is 13.1. The van der Waals surface area contributed by atoms with E-state index in [4.69, 9.17) is 5.73 Å². The molecule has 2 amide bonds. The number of nitrogens with two attached hydrogens (primary N) is 1. The number of para-hydroxylation sites is 1. The Bertz CT molecular complexity index is 701. The molecular weight excluding hydrogens is 292 g/mol. The molecule has 1 aliphatic heterocycles. The highest BCUT2D eigenvalue weighted by atomic mass is 16.2. The van der Waals surface area contributed by atoms with Crippen molar-refractivity contribution in [2.45, 2.75) is 25.4 Å². The lowest BCUT2D eigenvalue weighted by atomic mass is 10.1. The molecule has 23 heavy (non-hydrogen) atoms. The second kappa shape index (κ2) is 6.83. The molecule has 1 aromatic carbocycles. The Morgan fingerprint density at radius 1 is 1.13 bits per heavy atom. The molecule has 0 unspecified atom stereocenters. The van der Waals surface area contributed by atoms with Crippen LogP contribution in [0.25, 0.3) is 10.9 Å². The molecule has 0 aliphatic carbocycles. The largest absolute Gasteiger partial charge is 0.369 e. The summed E-state index contributed by atoms with van der Waals surface area (Å²) in [6.07, 6.45) is 3.65. The number of aromatic nitrogens is 1. The highest BCUT2D eigenvalue weighted by Gasteiger charge is 2.21. The summed E-state index contributed by atoms with van der Waals surface area (Å²) in [4.78, 5) is 25.2. The van der Waals surface area contributed by atoms with Gasteiger partial charge < -0.3 is 15.6 Å². The van der Waals surface area contributed by atoms with Crippen molar-refractivity contribution in [2.75, 3.05) is 19.6 Å². The van der Waals surface area contributed by atoms with E-state index in [2.05, 4.69) is 5.32 Å². The zero-order chi connectivity index (χ0) is 16.2. The molecule has 0 atom stereocenters. The van der Waals surface area contributed by atoms with Crippen LogP contribution in [0.2, 0.25) is 0 Å². The quantitative estimate of drug-likeness (QED) is 0.853. The molecule has 6 nitrogen and oxygen atoms in total. The van der Waals surface area contributed by atoms with Gasteiger partial charge in [-0.05, 0) is 30.4 Å². The second-order valence-electron chi connectivity index (χ2n) is 6.09. The van der Waals surface area contributed by atoms with Crippen LogP contribution in [0.3, 0.4) is 0 Å². The maximum atomic E-state index is 12.3. The van der Waals surface area contributed by atoms with Gasteiger partial charge >= 0.3 is 0 Å². The van der Waals surface area contributed by atoms with Gasteiger partial charge in [0.1, 0.15) is 6.54 Å². The van der Waals surface area contributed by atoms with Gasteiger partial charge in [-0.2, -0.15) is 0 Å². The van der Waals surface area contributed by atoms with Gasteiger partial charge in [-0.25, -0.2) is 0 Å². The number of nitrogens with zero attached hydrogens (tertiary/aromatic N) is 2. The lowest BCUT2D eigenvalue weighted by Gasteiger charge is -2.31. The minimum atomic E-state index is -0.299. The Labute approximate surface area is 135 Å². The molecule has 2 aromatic rings. The number of likely N-dealkylation sites (tertiary alicyclic amines) is 1. The molecule has 122 valence electrons. The number of piperidine rings is 1. The van der Waals surface area contributed by atoms with E-state index in [9.17, 15) is 9.59 Å². The van der Waals surface area contributed by atoms with Crippen molar-refractivity contribution in [1.82, 2.24) is 14.8 Å². The van der Waals surface area contributed by atoms with E-state index in [0.717, 1.165) is 36.8 Å². The molecule has 3 rings (SSSR count). The van der Waals surface area contributed by atoms with E-state index < -0.39 is 0 Å². The van der Waals surface area contributed by atoms with E-state index in [-0.39, 0.29) is 17.9 Å². The van der Waals surface area contributed by atoms with E-state index in [1.54, 1.807) is 0 Å². The summed E-state index contributed by atoms with van der Waals surface area (Å²) in [6.45, 7) is 2.21. The van der Waals surface area contributed by atoms with Crippen molar-refractivity contribution < 1.29 is 9.59 Å². The molecular formula is C17H22N4O2. The van der Waals surface area contributed by atoms with E-state index in [0.29, 0.717) is 13.1 Å². The average Bonchev–Trinajstić information content (AvgIpc) is 2.92. The summed E-state index contributed by atoms with van der Waals surface area (Å²) >= 11 is 0. The first kappa shape index (κ1) is 15.6. The Kier molecular flexibility index (Phi) is 4.62. The van der Waals surface area contributed by atoms with Crippen LogP contribution in [0.1, 0.15) is 12.8 Å². The standard InChI is InChI=1S/C17H22N4O2/c18-16(22)11-20-8-6-14(7-9-20)19-17(23)12-21-10-5-13-3-1-2-4-15(13)21/h1-5,10,14H,6-9,11-12H2,(H2,18,22)(H,19,23). The Hall–Kier alpha value is -2.34. The van der Waals surface area contributed by atoms with Crippen LogP contribution in [0.5, 0.6) is 0 Å². The third kappa shape index (κ3) is 3.90. The fraction of sp³-hybridized carbons (Fsp3) is 0.412. The summed E-state index contributed by atoms with van der Waals surface area (Å²) < 4.78 is 1.97. The number of primary amides is 1. The number of amides is 2. The monoisotopic (exact) mass is 314 g/mol. The van der Waals surface area contributed by atoms with Crippen LogP contribution >= 0.6 is 0 Å². The summed E-state index contributed by atoms with van der Waals surface area (Å²) in [5.41, 5.74) is 6.28. The first-order chi connectivity index (χ1) is 11.1. The summed E-state index contributed by atoms with van der Waals surface area (Å²) in [5.74, 6) is -0.272. The molecule has 3 N–H and O–H groups in total. The molecule has 0 saturated carbocycles. The summed E-state index contributed by atoms with van der Waals surface area (Å²) in [7, 11) is 0. The third-order valence-corrected chi connectivity index (χ3v) is 4.33. The van der Waals surface area contributed by atoms with Crippen LogP contribution < -0.4 is 11.1 Å². The third-order valence-electron chi connectivity index (χ3n) is 4.33. The maximum Gasteiger partial charge on any atom is 0.240 e. The zero-order valence-electron chi connectivity index (χ0n) is 13.1. The Balaban J connectivity index is 1.51. The molecule has 6 heteroatoms. The minimum absolute atomic E-state index is 0.0275. The van der Waals surface area contributed by atoms with Crippen molar-refractivity contribution in [1.29, 1.82) is 0 Å². The van der Waals surface area contributed by atoms with Crippen LogP contribution in [0, 0.1) is 0 Å². The highest BCUT2D eigenvalue weighted by Crippen LogP contribution is 2.15. The normalized spacial score (nSPS) is 16.5. The number of carbonyl (C=O) groups excluding carboxylic acids is 2. The smallest absolute Gasteiger partial charge is 0.240 e. The Morgan fingerprint density at radius 2 is 1.87 bits per heavy atom. The molecule has 1 aromatic heterocycles. The predicted octanol–water partition coefficient (Wildman–Crippen LogP) is 0.707. The number of nitrogens with one attached hydrogen (secondary N) is 1. The number of carbonyl (C=O) groups is 2. The van der Waals surface area contributed by atoms with Crippen molar-refractivity contribution in [3.05, 3.63) is 36.5 Å². The summed E-state index contributed by atoms with van der Waals surface area (Å²) in [6, 6.07) is 10.2. The van der Waals surface area contributed by atoms with Crippen LogP contribution in [-0.2, 0) is 16.1 Å². The van der Waals surface area contributed by atoms with Gasteiger partial charge in [0.25, 0.3) is 0 Å². The molecule has 0 spiro atoms. The van der Waals surface area contributed by atoms with Gasteiger partial charge in [-0.3, -0.25) is 14.5 Å². The van der Waals surface area contributed by atoms with Gasteiger partial charge in [0.15, 0.2) is 0 Å². The molecule has 1 fully saturated rings. The van der Waals surface area contributed by atoms with Crippen molar-refractivity contribution in [2.24, 2.45) is 5.73 Å². The van der Waals surface area contributed by atoms with Crippen LogP contribution in [-0.4, -0.2) is 47.0 Å². The topological polar surface area (TPSA) is 80.4 Å². The first-order valence-corrected chi connectivity index (χ1v) is 7.96. The van der Waals surface area contributed by atoms with Crippen molar-refractivity contribution in [3.63, 3.8) is 0 Å². The molecule has 1 saturated heterocycles. The Morgan fingerprint density at radius 3 is 2.61 bits per heavy atom. The lowest BCUT2D eigenvalue weighted by Crippen LogP contribution is -2.47. The number of rotatable bonds is 5. The lowest BCUT2D eigenvalue weighted by molar-refractivity contribution is -0.123. The molecule has 1 aliphatic rings. The predicted molar refractivity (Wildman–Crippen MR) is 88.7 cm³/mol. The van der Waals surface area contributed by atoms with Gasteiger partial charge in [0.2, 0.25) is 11.8 Å².